The third-order valence-electron chi connectivity index (χ3n) is 2.07. The van der Waals surface area contributed by atoms with Gasteiger partial charge in [0.2, 0.25) is 0 Å². The molecule has 17 heavy (non-hydrogen) atoms. The zero-order chi connectivity index (χ0) is 12.4. The quantitative estimate of drug-likeness (QED) is 0.478. The first-order valence-corrected chi connectivity index (χ1v) is 6.45. The third-order valence-corrected chi connectivity index (χ3v) is 3.31. The van der Waals surface area contributed by atoms with Crippen molar-refractivity contribution >= 4 is 37.5 Å². The number of alkyl halides is 1. The molecule has 0 saturated heterocycles. The summed E-state index contributed by atoms with van der Waals surface area (Å²) < 4.78 is 1.93. The van der Waals surface area contributed by atoms with E-state index < -0.39 is 4.92 Å². The summed E-state index contributed by atoms with van der Waals surface area (Å²) in [5, 5.41) is 19.2. The predicted octanol–water partition coefficient (Wildman–Crippen LogP) is 2.83. The van der Waals surface area contributed by atoms with Gasteiger partial charge in [0.05, 0.1) is 27.0 Å². The Kier molecular flexibility index (Phi) is 3.53. The van der Waals surface area contributed by atoms with E-state index >= 15 is 0 Å². The first-order chi connectivity index (χ1) is 8.11. The van der Waals surface area contributed by atoms with Crippen molar-refractivity contribution in [2.45, 2.75) is 5.33 Å². The zero-order valence-corrected chi connectivity index (χ0v) is 11.5. The van der Waals surface area contributed by atoms with Gasteiger partial charge in [0.25, 0.3) is 5.69 Å². The molecule has 0 N–H and O–H groups in total. The number of hydrogen-bond acceptors (Lipinski definition) is 4. The first kappa shape index (κ1) is 12.2. The first-order valence-electron chi connectivity index (χ1n) is 4.53. The van der Waals surface area contributed by atoms with Crippen molar-refractivity contribution in [3.05, 3.63) is 44.7 Å². The summed E-state index contributed by atoms with van der Waals surface area (Å²) in [6.45, 7) is 0. The van der Waals surface area contributed by atoms with Crippen LogP contribution in [0.15, 0.2) is 28.9 Å². The van der Waals surface area contributed by atoms with Crippen LogP contribution in [0.25, 0.3) is 5.69 Å². The van der Waals surface area contributed by atoms with Crippen molar-refractivity contribution in [3.63, 3.8) is 0 Å². The molecule has 2 rings (SSSR count). The van der Waals surface area contributed by atoms with Crippen molar-refractivity contribution in [1.82, 2.24) is 15.0 Å². The molecule has 6 nitrogen and oxygen atoms in total. The highest BCUT2D eigenvalue weighted by atomic mass is 79.9. The Morgan fingerprint density at radius 1 is 1.47 bits per heavy atom. The smallest absolute Gasteiger partial charge is 0.258 e. The van der Waals surface area contributed by atoms with E-state index in [1.807, 2.05) is 0 Å². The van der Waals surface area contributed by atoms with Crippen molar-refractivity contribution < 1.29 is 4.92 Å². The molecule has 1 heterocycles. The van der Waals surface area contributed by atoms with Gasteiger partial charge >= 0.3 is 0 Å². The normalized spacial score (nSPS) is 10.5. The Morgan fingerprint density at radius 2 is 2.24 bits per heavy atom. The van der Waals surface area contributed by atoms with E-state index in [9.17, 15) is 10.1 Å². The van der Waals surface area contributed by atoms with Gasteiger partial charge in [0, 0.05) is 11.4 Å². The molecule has 0 spiro atoms. The van der Waals surface area contributed by atoms with Crippen LogP contribution >= 0.6 is 31.9 Å². The largest absolute Gasteiger partial charge is 0.285 e. The van der Waals surface area contributed by atoms with Gasteiger partial charge in [0.1, 0.15) is 0 Å². The SMILES string of the molecule is O=[N+]([O-])c1cc(-n2cc(CBr)nn2)ccc1Br. The number of aromatic nitrogens is 3. The molecule has 1 aromatic heterocycles. The summed E-state index contributed by atoms with van der Waals surface area (Å²) in [6, 6.07) is 4.78. The average molecular weight is 362 g/mol. The van der Waals surface area contributed by atoms with Gasteiger partial charge < -0.3 is 0 Å². The van der Waals surface area contributed by atoms with Gasteiger partial charge in [0.15, 0.2) is 0 Å². The summed E-state index contributed by atoms with van der Waals surface area (Å²) >= 11 is 6.39. The maximum atomic E-state index is 10.8. The Morgan fingerprint density at radius 3 is 2.82 bits per heavy atom. The number of hydrogen-bond donors (Lipinski definition) is 0. The second-order valence-electron chi connectivity index (χ2n) is 3.18. The van der Waals surface area contributed by atoms with Crippen molar-refractivity contribution in [2.75, 3.05) is 0 Å². The van der Waals surface area contributed by atoms with Gasteiger partial charge in [-0.3, -0.25) is 10.1 Å². The summed E-state index contributed by atoms with van der Waals surface area (Å²) in [7, 11) is 0. The Labute approximate surface area is 113 Å². The molecule has 0 radical (unpaired) electrons. The lowest BCUT2D eigenvalue weighted by Gasteiger charge is -2.01. The maximum Gasteiger partial charge on any atom is 0.285 e. The molecule has 0 bridgehead atoms. The highest BCUT2D eigenvalue weighted by Crippen LogP contribution is 2.26. The number of nitro benzene ring substituents is 1. The van der Waals surface area contributed by atoms with E-state index in [0.29, 0.717) is 15.5 Å². The fourth-order valence-electron chi connectivity index (χ4n) is 1.27. The Hall–Kier alpha value is -1.28. The van der Waals surface area contributed by atoms with Crippen molar-refractivity contribution in [3.8, 4) is 5.69 Å². The number of halogens is 2. The second-order valence-corrected chi connectivity index (χ2v) is 4.60. The number of benzene rings is 1. The standard InChI is InChI=1S/C9H6Br2N4O2/c10-4-6-5-14(13-12-6)7-1-2-8(11)9(3-7)15(16)17/h1-3,5H,4H2. The van der Waals surface area contributed by atoms with E-state index in [1.165, 1.54) is 10.7 Å². The van der Waals surface area contributed by atoms with E-state index in [1.54, 1.807) is 18.3 Å². The fraction of sp³-hybridized carbons (Fsp3) is 0.111. The molecule has 0 aliphatic carbocycles. The molecule has 88 valence electrons. The van der Waals surface area contributed by atoms with Crippen LogP contribution in [0, 0.1) is 10.1 Å². The fourth-order valence-corrected chi connectivity index (χ4v) is 1.92. The molecule has 2 aromatic rings. The minimum absolute atomic E-state index is 0.00149. The minimum Gasteiger partial charge on any atom is -0.258 e. The highest BCUT2D eigenvalue weighted by Gasteiger charge is 2.13. The molecule has 1 aromatic carbocycles. The topological polar surface area (TPSA) is 73.8 Å². The van der Waals surface area contributed by atoms with E-state index in [-0.39, 0.29) is 5.69 Å². The second kappa shape index (κ2) is 4.92. The molecule has 0 fully saturated rings. The summed E-state index contributed by atoms with van der Waals surface area (Å²) in [4.78, 5) is 10.3. The molecular weight excluding hydrogens is 356 g/mol. The van der Waals surface area contributed by atoms with Crippen LogP contribution in [0.3, 0.4) is 0 Å². The van der Waals surface area contributed by atoms with Crippen LogP contribution in [0.1, 0.15) is 5.69 Å². The number of rotatable bonds is 3. The molecule has 0 saturated carbocycles. The molecule has 0 aliphatic rings. The van der Waals surface area contributed by atoms with Gasteiger partial charge in [-0.1, -0.05) is 21.1 Å². The van der Waals surface area contributed by atoms with Crippen molar-refractivity contribution in [1.29, 1.82) is 0 Å². The molecule has 0 atom stereocenters. The van der Waals surface area contributed by atoms with Crippen LogP contribution in [0.2, 0.25) is 0 Å². The maximum absolute atomic E-state index is 10.8. The molecule has 0 amide bonds. The van der Waals surface area contributed by atoms with Gasteiger partial charge in [-0.05, 0) is 28.1 Å². The van der Waals surface area contributed by atoms with Crippen LogP contribution < -0.4 is 0 Å². The van der Waals surface area contributed by atoms with Crippen LogP contribution in [0.4, 0.5) is 5.69 Å². The van der Waals surface area contributed by atoms with Gasteiger partial charge in [-0.15, -0.1) is 5.10 Å². The lowest BCUT2D eigenvalue weighted by Crippen LogP contribution is -1.97. The third kappa shape index (κ3) is 2.52. The molecule has 8 heteroatoms. The van der Waals surface area contributed by atoms with E-state index in [2.05, 4.69) is 42.2 Å². The Balaban J connectivity index is 2.46. The molecular formula is C9H6Br2N4O2. The van der Waals surface area contributed by atoms with Crippen LogP contribution in [-0.4, -0.2) is 19.9 Å². The van der Waals surface area contributed by atoms with Crippen molar-refractivity contribution in [2.24, 2.45) is 0 Å². The molecule has 0 aliphatic heterocycles. The predicted molar refractivity (Wildman–Crippen MR) is 68.3 cm³/mol. The summed E-state index contributed by atoms with van der Waals surface area (Å²) in [5.41, 5.74) is 1.36. The lowest BCUT2D eigenvalue weighted by atomic mass is 10.3. The van der Waals surface area contributed by atoms with Gasteiger partial charge in [-0.25, -0.2) is 4.68 Å². The highest BCUT2D eigenvalue weighted by molar-refractivity contribution is 9.10. The zero-order valence-electron chi connectivity index (χ0n) is 8.38. The molecule has 0 unspecified atom stereocenters. The minimum atomic E-state index is -0.449. The summed E-state index contributed by atoms with van der Waals surface area (Å²) in [6.07, 6.45) is 1.71. The monoisotopic (exact) mass is 360 g/mol. The number of nitrogens with zero attached hydrogens (tertiary/aromatic N) is 4. The van der Waals surface area contributed by atoms with Crippen LogP contribution in [-0.2, 0) is 5.33 Å². The van der Waals surface area contributed by atoms with Gasteiger partial charge in [-0.2, -0.15) is 0 Å². The summed E-state index contributed by atoms with van der Waals surface area (Å²) in [5.74, 6) is 0. The number of nitro groups is 1. The lowest BCUT2D eigenvalue weighted by molar-refractivity contribution is -0.385. The Bertz CT molecular complexity index is 570. The van der Waals surface area contributed by atoms with E-state index in [4.69, 9.17) is 0 Å². The van der Waals surface area contributed by atoms with Crippen LogP contribution in [0.5, 0.6) is 0 Å². The average Bonchev–Trinajstić information content (AvgIpc) is 2.78. The van der Waals surface area contributed by atoms with E-state index in [0.717, 1.165) is 5.69 Å².